The lowest BCUT2D eigenvalue weighted by atomic mass is 9.81. The molecule has 0 radical (unpaired) electrons. The summed E-state index contributed by atoms with van der Waals surface area (Å²) in [6.07, 6.45) is -0.469. The van der Waals surface area contributed by atoms with Crippen LogP contribution in [0.5, 0.6) is 0 Å². The quantitative estimate of drug-likeness (QED) is 0.718. The SMILES string of the molecule is CC1(C)O[C@H]2[C@@H](OCc3ccccc3)[C@H]3CO[C@H](O3)[C@@]2(/C(=C/CO)CO)O1. The molecule has 3 fully saturated rings. The Morgan fingerprint density at radius 2 is 2.04 bits per heavy atom. The monoisotopic (exact) mass is 378 g/mol. The average molecular weight is 378 g/mol. The second-order valence-corrected chi connectivity index (χ2v) is 7.50. The van der Waals surface area contributed by atoms with Crippen LogP contribution in [-0.2, 0) is 30.3 Å². The molecule has 7 heteroatoms. The number of benzene rings is 1. The van der Waals surface area contributed by atoms with Gasteiger partial charge in [-0.25, -0.2) is 0 Å². The van der Waals surface area contributed by atoms with Gasteiger partial charge in [-0.15, -0.1) is 0 Å². The number of aliphatic hydroxyl groups is 2. The Bertz CT molecular complexity index is 689. The fourth-order valence-electron chi connectivity index (χ4n) is 4.21. The summed E-state index contributed by atoms with van der Waals surface area (Å²) in [5, 5.41) is 19.4. The van der Waals surface area contributed by atoms with Crippen molar-refractivity contribution in [3.8, 4) is 0 Å². The lowest BCUT2D eigenvalue weighted by molar-refractivity contribution is -0.247. The van der Waals surface area contributed by atoms with E-state index in [2.05, 4.69) is 0 Å². The zero-order chi connectivity index (χ0) is 19.1. The molecule has 0 spiro atoms. The molecule has 4 rings (SSSR count). The van der Waals surface area contributed by atoms with E-state index in [1.165, 1.54) is 6.08 Å². The molecule has 1 aromatic rings. The highest BCUT2D eigenvalue weighted by atomic mass is 16.8. The third-order valence-corrected chi connectivity index (χ3v) is 5.27. The van der Waals surface area contributed by atoms with Crippen LogP contribution in [0.3, 0.4) is 0 Å². The molecule has 5 atom stereocenters. The van der Waals surface area contributed by atoms with Crippen molar-refractivity contribution in [1.29, 1.82) is 0 Å². The van der Waals surface area contributed by atoms with Crippen molar-refractivity contribution in [2.45, 2.75) is 56.4 Å². The first-order valence-electron chi connectivity index (χ1n) is 9.22. The fourth-order valence-corrected chi connectivity index (χ4v) is 4.21. The van der Waals surface area contributed by atoms with Gasteiger partial charge in [0.2, 0.25) is 0 Å². The Kier molecular flexibility index (Phi) is 5.11. The van der Waals surface area contributed by atoms with Gasteiger partial charge in [-0.2, -0.15) is 0 Å². The molecule has 0 aliphatic carbocycles. The maximum atomic E-state index is 9.98. The first kappa shape index (κ1) is 19.0. The summed E-state index contributed by atoms with van der Waals surface area (Å²) in [6.45, 7) is 3.82. The number of rotatable bonds is 6. The molecule has 0 aromatic heterocycles. The predicted octanol–water partition coefficient (Wildman–Crippen LogP) is 1.13. The molecular weight excluding hydrogens is 352 g/mol. The lowest BCUT2D eigenvalue weighted by Crippen LogP contribution is -2.63. The van der Waals surface area contributed by atoms with Gasteiger partial charge in [-0.1, -0.05) is 36.4 Å². The molecule has 7 nitrogen and oxygen atoms in total. The normalized spacial score (nSPS) is 37.4. The predicted molar refractivity (Wildman–Crippen MR) is 94.7 cm³/mol. The zero-order valence-electron chi connectivity index (χ0n) is 15.5. The minimum Gasteiger partial charge on any atom is -0.392 e. The van der Waals surface area contributed by atoms with E-state index in [1.807, 2.05) is 44.2 Å². The van der Waals surface area contributed by atoms with Gasteiger partial charge in [0, 0.05) is 0 Å². The van der Waals surface area contributed by atoms with E-state index >= 15 is 0 Å². The van der Waals surface area contributed by atoms with Crippen LogP contribution in [0, 0.1) is 0 Å². The van der Waals surface area contributed by atoms with Crippen LogP contribution in [0.2, 0.25) is 0 Å². The highest BCUT2D eigenvalue weighted by molar-refractivity contribution is 5.29. The number of aliphatic hydroxyl groups excluding tert-OH is 2. The molecule has 3 saturated heterocycles. The summed E-state index contributed by atoms with van der Waals surface area (Å²) in [5.74, 6) is -0.917. The molecular formula is C20H26O7. The summed E-state index contributed by atoms with van der Waals surface area (Å²) in [4.78, 5) is 0. The Morgan fingerprint density at radius 1 is 1.26 bits per heavy atom. The summed E-state index contributed by atoms with van der Waals surface area (Å²) in [5.41, 5.74) is 0.338. The molecule has 27 heavy (non-hydrogen) atoms. The first-order valence-corrected chi connectivity index (χ1v) is 9.22. The molecule has 3 aliphatic rings. The third-order valence-electron chi connectivity index (χ3n) is 5.27. The molecule has 148 valence electrons. The van der Waals surface area contributed by atoms with E-state index < -0.39 is 29.9 Å². The van der Waals surface area contributed by atoms with Crippen LogP contribution in [-0.4, -0.2) is 66.0 Å². The minimum absolute atomic E-state index is 0.236. The highest BCUT2D eigenvalue weighted by Gasteiger charge is 2.69. The molecule has 0 unspecified atom stereocenters. The maximum absolute atomic E-state index is 9.98. The Hall–Kier alpha value is -1.32. The van der Waals surface area contributed by atoms with Crippen molar-refractivity contribution >= 4 is 0 Å². The largest absolute Gasteiger partial charge is 0.392 e. The second-order valence-electron chi connectivity index (χ2n) is 7.50. The van der Waals surface area contributed by atoms with Gasteiger partial charge < -0.3 is 33.9 Å². The first-order chi connectivity index (χ1) is 13.0. The average Bonchev–Trinajstić information content (AvgIpc) is 3.22. The minimum atomic E-state index is -1.17. The third kappa shape index (κ3) is 3.23. The summed E-state index contributed by atoms with van der Waals surface area (Å²) in [7, 11) is 0. The van der Waals surface area contributed by atoms with E-state index in [0.717, 1.165) is 5.56 Å². The highest BCUT2D eigenvalue weighted by Crippen LogP contribution is 2.52. The molecule has 0 amide bonds. The van der Waals surface area contributed by atoms with Gasteiger partial charge in [-0.3, -0.25) is 0 Å². The van der Waals surface area contributed by atoms with Crippen LogP contribution in [0.4, 0.5) is 0 Å². The smallest absolute Gasteiger partial charge is 0.194 e. The fraction of sp³-hybridized carbons (Fsp3) is 0.600. The van der Waals surface area contributed by atoms with Crippen LogP contribution in [0.25, 0.3) is 0 Å². The van der Waals surface area contributed by atoms with E-state index in [9.17, 15) is 10.2 Å². The Morgan fingerprint density at radius 3 is 2.74 bits per heavy atom. The number of ether oxygens (including phenoxy) is 5. The summed E-state index contributed by atoms with van der Waals surface area (Å²) < 4.78 is 30.6. The molecule has 2 N–H and O–H groups in total. The van der Waals surface area contributed by atoms with Gasteiger partial charge >= 0.3 is 0 Å². The van der Waals surface area contributed by atoms with Crippen LogP contribution in [0.15, 0.2) is 42.0 Å². The summed E-state index contributed by atoms with van der Waals surface area (Å²) >= 11 is 0. The van der Waals surface area contributed by atoms with E-state index in [4.69, 9.17) is 23.7 Å². The van der Waals surface area contributed by atoms with Crippen molar-refractivity contribution in [1.82, 2.24) is 0 Å². The van der Waals surface area contributed by atoms with E-state index in [0.29, 0.717) is 18.8 Å². The van der Waals surface area contributed by atoms with Crippen molar-refractivity contribution < 1.29 is 33.9 Å². The zero-order valence-corrected chi connectivity index (χ0v) is 15.5. The van der Waals surface area contributed by atoms with E-state index in [1.54, 1.807) is 0 Å². The molecule has 2 bridgehead atoms. The lowest BCUT2D eigenvalue weighted by Gasteiger charge is -2.44. The maximum Gasteiger partial charge on any atom is 0.194 e. The van der Waals surface area contributed by atoms with Gasteiger partial charge in [0.1, 0.15) is 18.3 Å². The van der Waals surface area contributed by atoms with Crippen LogP contribution in [0.1, 0.15) is 19.4 Å². The van der Waals surface area contributed by atoms with Crippen LogP contribution >= 0.6 is 0 Å². The van der Waals surface area contributed by atoms with Crippen LogP contribution < -0.4 is 0 Å². The van der Waals surface area contributed by atoms with Crippen molar-refractivity contribution in [2.24, 2.45) is 0 Å². The van der Waals surface area contributed by atoms with Crippen molar-refractivity contribution in [3.63, 3.8) is 0 Å². The Balaban J connectivity index is 1.68. The van der Waals surface area contributed by atoms with Gasteiger partial charge in [0.15, 0.2) is 17.7 Å². The van der Waals surface area contributed by atoms with Crippen molar-refractivity contribution in [2.75, 3.05) is 19.8 Å². The van der Waals surface area contributed by atoms with Crippen molar-refractivity contribution in [3.05, 3.63) is 47.5 Å². The van der Waals surface area contributed by atoms with Gasteiger partial charge in [0.25, 0.3) is 0 Å². The van der Waals surface area contributed by atoms with Gasteiger partial charge in [0.05, 0.1) is 26.4 Å². The standard InChI is InChI=1S/C20H26O7/c1-19(2)26-17-16(23-11-13-6-4-3-5-7-13)15-12-24-18(25-15)20(17,27-19)14(10-22)8-9-21/h3-8,15-18,21-22H,9-12H2,1-2H3/b14-8+/t15-,16+,17+,18-,20+/m1/s1. The number of hydrogen-bond acceptors (Lipinski definition) is 7. The molecule has 3 heterocycles. The topological polar surface area (TPSA) is 86.6 Å². The summed E-state index contributed by atoms with van der Waals surface area (Å²) in [6, 6.07) is 9.86. The van der Waals surface area contributed by atoms with Gasteiger partial charge in [-0.05, 0) is 25.0 Å². The number of hydrogen-bond donors (Lipinski definition) is 2. The molecule has 1 aromatic carbocycles. The van der Waals surface area contributed by atoms with E-state index in [-0.39, 0.29) is 19.3 Å². The Labute approximate surface area is 158 Å². The molecule has 3 aliphatic heterocycles. The second kappa shape index (κ2) is 7.25. The number of fused-ring (bicyclic) bond motifs is 4. The molecule has 0 saturated carbocycles.